The lowest BCUT2D eigenvalue weighted by atomic mass is 10.0. The van der Waals surface area contributed by atoms with Crippen molar-refractivity contribution >= 4 is 27.9 Å². The number of piperidine rings is 1. The molecule has 1 fully saturated rings. The summed E-state index contributed by atoms with van der Waals surface area (Å²) in [6, 6.07) is 12.6. The van der Waals surface area contributed by atoms with Gasteiger partial charge in [0.15, 0.2) is 5.75 Å². The van der Waals surface area contributed by atoms with Crippen molar-refractivity contribution in [2.75, 3.05) is 25.5 Å². The number of alkyl halides is 1. The van der Waals surface area contributed by atoms with Crippen molar-refractivity contribution in [3.63, 3.8) is 0 Å². The van der Waals surface area contributed by atoms with Gasteiger partial charge >= 0.3 is 0 Å². The maximum Gasteiger partial charge on any atom is 0.210 e. The van der Waals surface area contributed by atoms with E-state index in [0.29, 0.717) is 18.7 Å². The molecule has 0 spiro atoms. The fourth-order valence-corrected chi connectivity index (χ4v) is 4.43. The van der Waals surface area contributed by atoms with Gasteiger partial charge in [0.05, 0.1) is 23.7 Å². The third kappa shape index (κ3) is 4.11. The minimum absolute atomic E-state index is 0. The summed E-state index contributed by atoms with van der Waals surface area (Å²) in [5.41, 5.74) is 0.481. The van der Waals surface area contributed by atoms with Crippen LogP contribution in [0.2, 0.25) is 0 Å². The lowest BCUT2D eigenvalue weighted by Gasteiger charge is -2.29. The van der Waals surface area contributed by atoms with E-state index in [1.54, 1.807) is 42.5 Å². The average Bonchev–Trinajstić information content (AvgIpc) is 2.64. The number of halogens is 2. The van der Waals surface area contributed by atoms with Gasteiger partial charge in [0.2, 0.25) is 9.84 Å². The molecule has 8 heteroatoms. The molecule has 142 valence electrons. The lowest BCUT2D eigenvalue weighted by Crippen LogP contribution is -2.45. The molecule has 0 amide bonds. The van der Waals surface area contributed by atoms with Crippen LogP contribution in [0.3, 0.4) is 0 Å². The van der Waals surface area contributed by atoms with E-state index in [0.717, 1.165) is 0 Å². The van der Waals surface area contributed by atoms with Gasteiger partial charge in [-0.2, -0.15) is 0 Å². The third-order valence-electron chi connectivity index (χ3n) is 4.28. The van der Waals surface area contributed by atoms with Gasteiger partial charge in [0.1, 0.15) is 11.1 Å². The van der Waals surface area contributed by atoms with Crippen molar-refractivity contribution in [3.8, 4) is 5.75 Å². The highest BCUT2D eigenvalue weighted by Crippen LogP contribution is 2.36. The molecule has 1 saturated heterocycles. The summed E-state index contributed by atoms with van der Waals surface area (Å²) >= 11 is 0. The molecule has 5 nitrogen and oxygen atoms in total. The monoisotopic (exact) mass is 400 g/mol. The molecule has 0 saturated carbocycles. The first-order chi connectivity index (χ1) is 12.0. The zero-order chi connectivity index (χ0) is 17.9. The number of sulfone groups is 1. The summed E-state index contributed by atoms with van der Waals surface area (Å²) in [6.45, 7) is 0.990. The quantitative estimate of drug-likeness (QED) is 0.807. The van der Waals surface area contributed by atoms with E-state index in [2.05, 4.69) is 10.6 Å². The maximum atomic E-state index is 14.1. The Morgan fingerprint density at radius 1 is 1.15 bits per heavy atom. The molecule has 3 rings (SSSR count). The Labute approximate surface area is 159 Å². The fourth-order valence-electron chi connectivity index (χ4n) is 2.96. The SMILES string of the molecule is COc1c(NC2CCNCC2F)cccc1S(=O)(=O)c1ccccc1.Cl. The predicted octanol–water partition coefficient (Wildman–Crippen LogP) is 3.06. The largest absolute Gasteiger partial charge is 0.493 e. The van der Waals surface area contributed by atoms with Gasteiger partial charge in [-0.15, -0.1) is 12.4 Å². The molecule has 0 radical (unpaired) electrons. The summed E-state index contributed by atoms with van der Waals surface area (Å²) in [5.74, 6) is 0.206. The van der Waals surface area contributed by atoms with Gasteiger partial charge in [-0.1, -0.05) is 24.3 Å². The molecule has 0 aliphatic carbocycles. The molecule has 0 bridgehead atoms. The minimum atomic E-state index is -3.73. The van der Waals surface area contributed by atoms with Crippen LogP contribution in [-0.4, -0.2) is 40.8 Å². The van der Waals surface area contributed by atoms with Crippen LogP contribution in [0, 0.1) is 0 Å². The highest BCUT2D eigenvalue weighted by atomic mass is 35.5. The second-order valence-electron chi connectivity index (χ2n) is 5.91. The Kier molecular flexibility index (Phi) is 6.86. The average molecular weight is 401 g/mol. The molecule has 2 aromatic rings. The smallest absolute Gasteiger partial charge is 0.210 e. The number of anilines is 1. The Hall–Kier alpha value is -1.83. The number of hydrogen-bond donors (Lipinski definition) is 2. The van der Waals surface area contributed by atoms with Crippen molar-refractivity contribution in [2.45, 2.75) is 28.4 Å². The topological polar surface area (TPSA) is 67.4 Å². The van der Waals surface area contributed by atoms with E-state index >= 15 is 0 Å². The summed E-state index contributed by atoms with van der Waals surface area (Å²) in [7, 11) is -2.31. The van der Waals surface area contributed by atoms with Crippen LogP contribution in [0.1, 0.15) is 6.42 Å². The van der Waals surface area contributed by atoms with Crippen LogP contribution in [0.5, 0.6) is 5.75 Å². The minimum Gasteiger partial charge on any atom is -0.493 e. The molecular formula is C18H22ClFN2O3S. The van der Waals surface area contributed by atoms with Crippen molar-refractivity contribution < 1.29 is 17.5 Å². The Morgan fingerprint density at radius 2 is 1.88 bits per heavy atom. The number of methoxy groups -OCH3 is 1. The van der Waals surface area contributed by atoms with E-state index in [1.807, 2.05) is 0 Å². The predicted molar refractivity (Wildman–Crippen MR) is 102 cm³/mol. The second-order valence-corrected chi connectivity index (χ2v) is 7.83. The Bertz CT molecular complexity index is 834. The van der Waals surface area contributed by atoms with E-state index in [4.69, 9.17) is 4.74 Å². The maximum absolute atomic E-state index is 14.1. The van der Waals surface area contributed by atoms with Gasteiger partial charge in [0.25, 0.3) is 0 Å². The zero-order valence-electron chi connectivity index (χ0n) is 14.3. The van der Waals surface area contributed by atoms with Crippen LogP contribution in [0.4, 0.5) is 10.1 Å². The van der Waals surface area contributed by atoms with Gasteiger partial charge < -0.3 is 15.4 Å². The summed E-state index contributed by atoms with van der Waals surface area (Å²) in [4.78, 5) is 0.256. The fraction of sp³-hybridized carbons (Fsp3) is 0.333. The van der Waals surface area contributed by atoms with Crippen molar-refractivity contribution in [3.05, 3.63) is 48.5 Å². The molecule has 0 aromatic heterocycles. The number of ether oxygens (including phenoxy) is 1. The van der Waals surface area contributed by atoms with E-state index in [1.165, 1.54) is 13.2 Å². The van der Waals surface area contributed by atoms with Crippen LogP contribution >= 0.6 is 12.4 Å². The normalized spacial score (nSPS) is 20.1. The van der Waals surface area contributed by atoms with Crippen molar-refractivity contribution in [1.29, 1.82) is 0 Å². The van der Waals surface area contributed by atoms with Gasteiger partial charge in [-0.3, -0.25) is 0 Å². The van der Waals surface area contributed by atoms with Gasteiger partial charge in [-0.25, -0.2) is 12.8 Å². The Morgan fingerprint density at radius 3 is 2.54 bits per heavy atom. The molecule has 1 aliphatic heterocycles. The zero-order valence-corrected chi connectivity index (χ0v) is 15.9. The van der Waals surface area contributed by atoms with Gasteiger partial charge in [-0.05, 0) is 37.2 Å². The number of benzene rings is 2. The van der Waals surface area contributed by atoms with Crippen molar-refractivity contribution in [1.82, 2.24) is 5.32 Å². The highest BCUT2D eigenvalue weighted by molar-refractivity contribution is 7.91. The molecule has 2 N–H and O–H groups in total. The molecule has 2 atom stereocenters. The van der Waals surface area contributed by atoms with Crippen LogP contribution in [0.25, 0.3) is 0 Å². The number of rotatable bonds is 5. The summed E-state index contributed by atoms with van der Waals surface area (Å²) < 4.78 is 45.3. The molecule has 1 heterocycles. The standard InChI is InChI=1S/C18H21FN2O3S.ClH/c1-24-18-16(21-15-10-11-20-12-14(15)19)8-5-9-17(18)25(22,23)13-6-3-2-4-7-13;/h2-9,14-15,20-21H,10-12H2,1H3;1H. The number of nitrogens with one attached hydrogen (secondary N) is 2. The van der Waals surface area contributed by atoms with Crippen LogP contribution in [0.15, 0.2) is 58.3 Å². The first kappa shape index (κ1) is 20.5. The first-order valence-electron chi connectivity index (χ1n) is 8.12. The van der Waals surface area contributed by atoms with E-state index in [-0.39, 0.29) is 40.5 Å². The number of para-hydroxylation sites is 1. The molecule has 1 aliphatic rings. The van der Waals surface area contributed by atoms with E-state index < -0.39 is 16.0 Å². The third-order valence-corrected chi connectivity index (χ3v) is 6.07. The summed E-state index contributed by atoms with van der Waals surface area (Å²) in [6.07, 6.45) is -0.437. The molecule has 2 unspecified atom stereocenters. The lowest BCUT2D eigenvalue weighted by molar-refractivity contribution is 0.244. The highest BCUT2D eigenvalue weighted by Gasteiger charge is 2.28. The van der Waals surface area contributed by atoms with Gasteiger partial charge in [0, 0.05) is 6.54 Å². The van der Waals surface area contributed by atoms with Crippen LogP contribution in [-0.2, 0) is 9.84 Å². The molecular weight excluding hydrogens is 379 g/mol. The Balaban J connectivity index is 0.00000243. The molecule has 2 aromatic carbocycles. The molecule has 26 heavy (non-hydrogen) atoms. The summed E-state index contributed by atoms with van der Waals surface area (Å²) in [5, 5.41) is 6.10. The van der Waals surface area contributed by atoms with Crippen molar-refractivity contribution in [2.24, 2.45) is 0 Å². The van der Waals surface area contributed by atoms with E-state index in [9.17, 15) is 12.8 Å². The second kappa shape index (κ2) is 8.70. The number of hydrogen-bond acceptors (Lipinski definition) is 5. The first-order valence-corrected chi connectivity index (χ1v) is 9.61. The van der Waals surface area contributed by atoms with Crippen LogP contribution < -0.4 is 15.4 Å².